The second-order valence-electron chi connectivity index (χ2n) is 7.51. The van der Waals surface area contributed by atoms with E-state index >= 15 is 0 Å². The maximum Gasteiger partial charge on any atom is 0.433 e. The van der Waals surface area contributed by atoms with Gasteiger partial charge in [0.15, 0.2) is 6.10 Å². The van der Waals surface area contributed by atoms with E-state index in [0.29, 0.717) is 11.0 Å². The van der Waals surface area contributed by atoms with E-state index in [2.05, 4.69) is 5.32 Å². The molecule has 15 heteroatoms. The molecule has 36 heavy (non-hydrogen) atoms. The van der Waals surface area contributed by atoms with Gasteiger partial charge in [-0.25, -0.2) is 4.79 Å². The van der Waals surface area contributed by atoms with Crippen molar-refractivity contribution in [2.45, 2.75) is 24.7 Å². The van der Waals surface area contributed by atoms with E-state index in [-0.39, 0.29) is 16.4 Å². The second kappa shape index (κ2) is 9.75. The maximum absolute atomic E-state index is 13.6. The predicted octanol–water partition coefficient (Wildman–Crippen LogP) is 5.08. The summed E-state index contributed by atoms with van der Waals surface area (Å²) in [6, 6.07) is 7.04. The van der Waals surface area contributed by atoms with Gasteiger partial charge in [0.2, 0.25) is 6.23 Å². The molecular weight excluding hydrogens is 522 g/mol. The Morgan fingerprint density at radius 3 is 2.39 bits per heavy atom. The highest BCUT2D eigenvalue weighted by molar-refractivity contribution is 6.34. The van der Waals surface area contributed by atoms with Crippen LogP contribution in [0.25, 0.3) is 0 Å². The van der Waals surface area contributed by atoms with Crippen LogP contribution in [0.15, 0.2) is 36.4 Å². The van der Waals surface area contributed by atoms with Crippen molar-refractivity contribution in [3.63, 3.8) is 0 Å². The molecule has 0 radical (unpaired) electrons. The molecule has 1 saturated heterocycles. The van der Waals surface area contributed by atoms with Crippen LogP contribution < -0.4 is 15.1 Å². The number of hydrogen-bond acceptors (Lipinski definition) is 5. The molecule has 2 amide bonds. The first-order chi connectivity index (χ1) is 16.6. The number of nitrogens with zero attached hydrogens (tertiary/aromatic N) is 3. The normalized spacial score (nSPS) is 18.0. The minimum atomic E-state index is -5.08. The summed E-state index contributed by atoms with van der Waals surface area (Å²) in [4.78, 5) is 25.0. The van der Waals surface area contributed by atoms with Gasteiger partial charge in [0.25, 0.3) is 5.91 Å². The zero-order chi connectivity index (χ0) is 27.0. The fourth-order valence-corrected chi connectivity index (χ4v) is 3.59. The lowest BCUT2D eigenvalue weighted by molar-refractivity contribution is -0.212. The smallest absolute Gasteiger partial charge is 0.433 e. The van der Waals surface area contributed by atoms with E-state index in [4.69, 9.17) is 26.7 Å². The number of nitrogens with one attached hydrogen (secondary N) is 1. The quantitative estimate of drug-likeness (QED) is 0.528. The highest BCUT2D eigenvalue weighted by Crippen LogP contribution is 2.39. The van der Waals surface area contributed by atoms with Crippen molar-refractivity contribution in [2.75, 3.05) is 28.7 Å². The standard InChI is InChI=1S/C21H15ClF6N4O4/c1-31(19(34)35)11-4-5-15(14(22)7-11)30-17(33)16-9-32(18(36-16)21(26,27)28)12-3-2-10(8-29)13(6-12)20(23,24)25/h2-7,16,18H,9H2,1H3,(H,30,33)(H,34,35). The zero-order valence-corrected chi connectivity index (χ0v) is 18.7. The van der Waals surface area contributed by atoms with Gasteiger partial charge in [-0.05, 0) is 36.4 Å². The van der Waals surface area contributed by atoms with Crippen LogP contribution in [0.3, 0.4) is 0 Å². The number of anilines is 3. The molecule has 1 heterocycles. The zero-order valence-electron chi connectivity index (χ0n) is 18.0. The van der Waals surface area contributed by atoms with Crippen LogP contribution in [0.2, 0.25) is 5.02 Å². The Kier molecular flexibility index (Phi) is 7.28. The Morgan fingerprint density at radius 1 is 1.19 bits per heavy atom. The number of benzene rings is 2. The average Bonchev–Trinajstić information content (AvgIpc) is 3.25. The maximum atomic E-state index is 13.6. The van der Waals surface area contributed by atoms with Crippen LogP contribution in [-0.4, -0.2) is 49.2 Å². The topological polar surface area (TPSA) is 106 Å². The van der Waals surface area contributed by atoms with Crippen molar-refractivity contribution in [3.05, 3.63) is 52.5 Å². The summed E-state index contributed by atoms with van der Waals surface area (Å²) >= 11 is 6.04. The van der Waals surface area contributed by atoms with Crippen molar-refractivity contribution >= 4 is 40.7 Å². The fourth-order valence-electron chi connectivity index (χ4n) is 3.37. The number of ether oxygens (including phenoxy) is 1. The first kappa shape index (κ1) is 26.9. The fraction of sp³-hybridized carbons (Fsp3) is 0.286. The van der Waals surface area contributed by atoms with Crippen molar-refractivity contribution in [2.24, 2.45) is 0 Å². The third kappa shape index (κ3) is 5.58. The van der Waals surface area contributed by atoms with Gasteiger partial charge in [0.05, 0.1) is 34.5 Å². The van der Waals surface area contributed by atoms with Crippen LogP contribution in [0.1, 0.15) is 11.1 Å². The van der Waals surface area contributed by atoms with Gasteiger partial charge in [-0.15, -0.1) is 0 Å². The Hall–Kier alpha value is -3.70. The van der Waals surface area contributed by atoms with E-state index < -0.39 is 60.0 Å². The number of carbonyl (C=O) groups excluding carboxylic acids is 1. The first-order valence-electron chi connectivity index (χ1n) is 9.80. The molecule has 2 aromatic rings. The molecule has 0 spiro atoms. The first-order valence-corrected chi connectivity index (χ1v) is 10.2. The summed E-state index contributed by atoms with van der Waals surface area (Å²) in [7, 11) is 1.23. The number of hydrogen-bond donors (Lipinski definition) is 2. The highest BCUT2D eigenvalue weighted by atomic mass is 35.5. The van der Waals surface area contributed by atoms with Crippen molar-refractivity contribution in [1.82, 2.24) is 0 Å². The Bertz CT molecular complexity index is 1230. The lowest BCUT2D eigenvalue weighted by Crippen LogP contribution is -2.42. The predicted molar refractivity (Wildman–Crippen MR) is 115 cm³/mol. The highest BCUT2D eigenvalue weighted by Gasteiger charge is 2.52. The Balaban J connectivity index is 1.87. The monoisotopic (exact) mass is 536 g/mol. The molecule has 1 fully saturated rings. The molecule has 1 aliphatic rings. The summed E-state index contributed by atoms with van der Waals surface area (Å²) in [6.45, 7) is -0.767. The number of carbonyl (C=O) groups is 2. The van der Waals surface area contributed by atoms with Gasteiger partial charge in [0.1, 0.15) is 0 Å². The van der Waals surface area contributed by atoms with Gasteiger partial charge < -0.3 is 20.1 Å². The van der Waals surface area contributed by atoms with Gasteiger partial charge in [-0.2, -0.15) is 31.6 Å². The van der Waals surface area contributed by atoms with Crippen molar-refractivity contribution in [1.29, 1.82) is 5.26 Å². The van der Waals surface area contributed by atoms with E-state index in [9.17, 15) is 35.9 Å². The third-order valence-electron chi connectivity index (χ3n) is 5.16. The van der Waals surface area contributed by atoms with Gasteiger partial charge in [-0.3, -0.25) is 9.69 Å². The SMILES string of the molecule is CN(C(=O)O)c1ccc(NC(=O)C2CN(c3ccc(C#N)c(C(F)(F)F)c3)C(C(F)(F)F)O2)c(Cl)c1. The summed E-state index contributed by atoms with van der Waals surface area (Å²) in [5, 5.41) is 20.1. The van der Waals surface area contributed by atoms with Crippen molar-refractivity contribution in [3.8, 4) is 6.07 Å². The summed E-state index contributed by atoms with van der Waals surface area (Å²) in [5.74, 6) is -1.07. The van der Waals surface area contributed by atoms with E-state index in [1.807, 2.05) is 0 Å². The van der Waals surface area contributed by atoms with Crippen LogP contribution in [0.4, 0.5) is 48.2 Å². The van der Waals surface area contributed by atoms with Gasteiger partial charge >= 0.3 is 18.4 Å². The number of alkyl halides is 6. The summed E-state index contributed by atoms with van der Waals surface area (Å²) in [6.07, 6.45) is -15.9. The molecule has 8 nitrogen and oxygen atoms in total. The van der Waals surface area contributed by atoms with E-state index in [0.717, 1.165) is 17.0 Å². The lowest BCUT2D eigenvalue weighted by Gasteiger charge is -2.27. The lowest BCUT2D eigenvalue weighted by atomic mass is 10.1. The molecule has 3 rings (SSSR count). The molecule has 0 bridgehead atoms. The summed E-state index contributed by atoms with van der Waals surface area (Å²) < 4.78 is 85.7. The molecule has 1 aliphatic heterocycles. The number of halogens is 7. The molecular formula is C21H15ClF6N4O4. The van der Waals surface area contributed by atoms with Gasteiger partial charge in [-0.1, -0.05) is 11.6 Å². The van der Waals surface area contributed by atoms with Crippen LogP contribution in [-0.2, 0) is 15.7 Å². The van der Waals surface area contributed by atoms with Crippen LogP contribution in [0.5, 0.6) is 0 Å². The third-order valence-corrected chi connectivity index (χ3v) is 5.47. The average molecular weight is 537 g/mol. The number of nitriles is 1. The molecule has 0 aromatic heterocycles. The molecule has 0 aliphatic carbocycles. The van der Waals surface area contributed by atoms with Crippen molar-refractivity contribution < 1.29 is 45.8 Å². The van der Waals surface area contributed by atoms with Crippen LogP contribution >= 0.6 is 11.6 Å². The molecule has 192 valence electrons. The molecule has 2 aromatic carbocycles. The second-order valence-corrected chi connectivity index (χ2v) is 7.91. The Labute approximate surface area is 204 Å². The molecule has 2 atom stereocenters. The van der Waals surface area contributed by atoms with E-state index in [1.165, 1.54) is 31.3 Å². The number of carboxylic acid groups (broad SMARTS) is 1. The summed E-state index contributed by atoms with van der Waals surface area (Å²) in [5.41, 5.74) is -2.69. The van der Waals surface area contributed by atoms with Crippen LogP contribution in [0, 0.1) is 11.3 Å². The largest absolute Gasteiger partial charge is 0.465 e. The van der Waals surface area contributed by atoms with Gasteiger partial charge in [0, 0.05) is 18.4 Å². The van der Waals surface area contributed by atoms with E-state index in [1.54, 1.807) is 0 Å². The molecule has 0 saturated carbocycles. The Morgan fingerprint density at radius 2 is 1.86 bits per heavy atom. The minimum absolute atomic E-state index is 0.0625. The number of amides is 2. The molecule has 2 N–H and O–H groups in total. The molecule has 2 unspecified atom stereocenters. The number of rotatable bonds is 4. The minimum Gasteiger partial charge on any atom is -0.465 e.